The molecule has 0 saturated heterocycles. The fourth-order valence-electron chi connectivity index (χ4n) is 2.99. The minimum Gasteiger partial charge on any atom is -0.494 e. The van der Waals surface area contributed by atoms with Crippen molar-refractivity contribution in [3.8, 4) is 17.2 Å². The summed E-state index contributed by atoms with van der Waals surface area (Å²) in [6, 6.07) is 17.5. The van der Waals surface area contributed by atoms with Gasteiger partial charge in [0.05, 0.1) is 17.2 Å². The van der Waals surface area contributed by atoms with E-state index in [0.29, 0.717) is 34.3 Å². The number of benzene rings is 3. The highest BCUT2D eigenvalue weighted by atomic mass is 35.5. The summed E-state index contributed by atoms with van der Waals surface area (Å²) >= 11 is 17.3. The maximum atomic E-state index is 12.4. The van der Waals surface area contributed by atoms with Gasteiger partial charge in [0.2, 0.25) is 5.89 Å². The van der Waals surface area contributed by atoms with Crippen molar-refractivity contribution in [3.05, 3.63) is 76.3 Å². The van der Waals surface area contributed by atoms with Gasteiger partial charge in [-0.25, -0.2) is 4.98 Å². The van der Waals surface area contributed by atoms with Crippen molar-refractivity contribution in [2.24, 2.45) is 0 Å². The van der Waals surface area contributed by atoms with Crippen LogP contribution in [-0.4, -0.2) is 22.6 Å². The quantitative estimate of drug-likeness (QED) is 0.321. The third-order valence-electron chi connectivity index (χ3n) is 4.46. The third kappa shape index (κ3) is 5.02. The molecule has 6 nitrogen and oxygen atoms in total. The first-order valence-electron chi connectivity index (χ1n) is 9.64. The molecule has 0 aliphatic rings. The van der Waals surface area contributed by atoms with Crippen LogP contribution >= 0.6 is 35.4 Å². The predicted octanol–water partition coefficient (Wildman–Crippen LogP) is 6.33. The average Bonchev–Trinajstić information content (AvgIpc) is 3.19. The fraction of sp³-hybridized carbons (Fsp3) is 0.0870. The Balaban J connectivity index is 1.47. The number of fused-ring (bicyclic) bond motifs is 1. The number of hydrogen-bond donors (Lipinski definition) is 2. The third-order valence-corrected chi connectivity index (χ3v) is 5.23. The molecule has 0 spiro atoms. The maximum absolute atomic E-state index is 12.4. The van der Waals surface area contributed by atoms with Crippen LogP contribution in [0.5, 0.6) is 5.75 Å². The van der Waals surface area contributed by atoms with E-state index in [-0.39, 0.29) is 15.7 Å². The number of aromatic nitrogens is 1. The number of thiocarbonyl (C=S) groups is 1. The summed E-state index contributed by atoms with van der Waals surface area (Å²) < 4.78 is 11.3. The molecule has 0 aliphatic heterocycles. The number of amides is 1. The van der Waals surface area contributed by atoms with Gasteiger partial charge in [0, 0.05) is 16.3 Å². The summed E-state index contributed by atoms with van der Waals surface area (Å²) in [5, 5.41) is 6.35. The molecule has 32 heavy (non-hydrogen) atoms. The number of nitrogens with zero attached hydrogens (tertiary/aromatic N) is 1. The van der Waals surface area contributed by atoms with E-state index in [1.54, 1.807) is 30.3 Å². The van der Waals surface area contributed by atoms with E-state index >= 15 is 0 Å². The van der Waals surface area contributed by atoms with Gasteiger partial charge >= 0.3 is 0 Å². The van der Waals surface area contributed by atoms with E-state index < -0.39 is 5.91 Å². The molecule has 0 atom stereocenters. The van der Waals surface area contributed by atoms with Crippen molar-refractivity contribution >= 4 is 63.2 Å². The van der Waals surface area contributed by atoms with E-state index in [0.717, 1.165) is 11.3 Å². The monoisotopic (exact) mass is 485 g/mol. The van der Waals surface area contributed by atoms with E-state index in [4.69, 9.17) is 44.6 Å². The van der Waals surface area contributed by atoms with Crippen LogP contribution in [0.25, 0.3) is 22.6 Å². The second-order valence-corrected chi connectivity index (χ2v) is 7.94. The Labute approximate surface area is 199 Å². The number of anilines is 1. The lowest BCUT2D eigenvalue weighted by Crippen LogP contribution is -2.34. The molecule has 0 aliphatic carbocycles. The number of halogens is 2. The van der Waals surface area contributed by atoms with Gasteiger partial charge in [-0.05, 0) is 79.8 Å². The Morgan fingerprint density at radius 3 is 2.62 bits per heavy atom. The SMILES string of the molecule is CCOc1ccc(-c2nc3cc(NC(=S)NC(=O)c4cc(Cl)ccc4Cl)ccc3o2)cc1. The van der Waals surface area contributed by atoms with Crippen molar-refractivity contribution in [1.82, 2.24) is 10.3 Å². The number of nitrogens with one attached hydrogen (secondary N) is 2. The first kappa shape index (κ1) is 22.1. The normalized spacial score (nSPS) is 10.7. The second kappa shape index (κ2) is 9.56. The highest BCUT2D eigenvalue weighted by Gasteiger charge is 2.14. The highest BCUT2D eigenvalue weighted by molar-refractivity contribution is 7.80. The lowest BCUT2D eigenvalue weighted by atomic mass is 10.2. The molecule has 0 fully saturated rings. The molecule has 4 rings (SSSR count). The van der Waals surface area contributed by atoms with E-state index in [1.807, 2.05) is 31.2 Å². The van der Waals surface area contributed by atoms with Crippen LogP contribution in [0.15, 0.2) is 65.1 Å². The standard InChI is InChI=1S/C23H17Cl2N3O3S/c1-2-30-16-7-3-13(4-8-16)22-27-19-12-15(6-10-20(19)31-22)26-23(32)28-21(29)17-11-14(24)5-9-18(17)25/h3-12H,2H2,1H3,(H2,26,28,29,32). The zero-order valence-electron chi connectivity index (χ0n) is 16.8. The van der Waals surface area contributed by atoms with Gasteiger partial charge in [0.25, 0.3) is 5.91 Å². The number of ether oxygens (including phenoxy) is 1. The lowest BCUT2D eigenvalue weighted by Gasteiger charge is -2.10. The Kier molecular flexibility index (Phi) is 6.60. The minimum atomic E-state index is -0.463. The van der Waals surface area contributed by atoms with Crippen LogP contribution < -0.4 is 15.4 Å². The van der Waals surface area contributed by atoms with Crippen molar-refractivity contribution < 1.29 is 13.9 Å². The van der Waals surface area contributed by atoms with Crippen LogP contribution in [-0.2, 0) is 0 Å². The molecule has 0 unspecified atom stereocenters. The summed E-state index contributed by atoms with van der Waals surface area (Å²) in [6.07, 6.45) is 0. The number of hydrogen-bond acceptors (Lipinski definition) is 5. The fourth-order valence-corrected chi connectivity index (χ4v) is 3.58. The van der Waals surface area contributed by atoms with Crippen LogP contribution in [0.2, 0.25) is 10.0 Å². The summed E-state index contributed by atoms with van der Waals surface area (Å²) in [5.41, 5.74) is 2.98. The van der Waals surface area contributed by atoms with Gasteiger partial charge in [0.1, 0.15) is 11.3 Å². The zero-order valence-corrected chi connectivity index (χ0v) is 19.1. The molecule has 1 heterocycles. The molecule has 0 radical (unpaired) electrons. The molecule has 0 bridgehead atoms. The molecule has 1 amide bonds. The minimum absolute atomic E-state index is 0.112. The Hall–Kier alpha value is -3.13. The van der Waals surface area contributed by atoms with Gasteiger partial charge < -0.3 is 14.5 Å². The van der Waals surface area contributed by atoms with Gasteiger partial charge in [-0.2, -0.15) is 0 Å². The maximum Gasteiger partial charge on any atom is 0.258 e. The largest absolute Gasteiger partial charge is 0.494 e. The van der Waals surface area contributed by atoms with Gasteiger partial charge in [0.15, 0.2) is 10.7 Å². The van der Waals surface area contributed by atoms with E-state index in [9.17, 15) is 4.79 Å². The molecule has 0 saturated carbocycles. The zero-order chi connectivity index (χ0) is 22.7. The molecule has 162 valence electrons. The number of carbonyl (C=O) groups excluding carboxylic acids is 1. The van der Waals surface area contributed by atoms with E-state index in [2.05, 4.69) is 15.6 Å². The predicted molar refractivity (Wildman–Crippen MR) is 131 cm³/mol. The Morgan fingerprint density at radius 1 is 1.09 bits per heavy atom. The molecule has 2 N–H and O–H groups in total. The summed E-state index contributed by atoms with van der Waals surface area (Å²) in [7, 11) is 0. The summed E-state index contributed by atoms with van der Waals surface area (Å²) in [6.45, 7) is 2.54. The Bertz CT molecular complexity index is 1310. The van der Waals surface area contributed by atoms with Crippen LogP contribution in [0.4, 0.5) is 5.69 Å². The first-order chi connectivity index (χ1) is 15.4. The lowest BCUT2D eigenvalue weighted by molar-refractivity contribution is 0.0978. The van der Waals surface area contributed by atoms with Crippen molar-refractivity contribution in [3.63, 3.8) is 0 Å². The van der Waals surface area contributed by atoms with Crippen molar-refractivity contribution in [2.75, 3.05) is 11.9 Å². The molecular formula is C23H17Cl2N3O3S. The van der Waals surface area contributed by atoms with Gasteiger partial charge in [-0.3, -0.25) is 10.1 Å². The topological polar surface area (TPSA) is 76.4 Å². The van der Waals surface area contributed by atoms with Crippen molar-refractivity contribution in [1.29, 1.82) is 0 Å². The van der Waals surface area contributed by atoms with Crippen LogP contribution in [0.1, 0.15) is 17.3 Å². The molecule has 4 aromatic rings. The molecule has 1 aromatic heterocycles. The van der Waals surface area contributed by atoms with Gasteiger partial charge in [-0.15, -0.1) is 0 Å². The number of rotatable bonds is 5. The van der Waals surface area contributed by atoms with E-state index in [1.165, 1.54) is 6.07 Å². The van der Waals surface area contributed by atoms with Crippen molar-refractivity contribution in [2.45, 2.75) is 6.92 Å². The second-order valence-electron chi connectivity index (χ2n) is 6.69. The molecule has 3 aromatic carbocycles. The average molecular weight is 486 g/mol. The highest BCUT2D eigenvalue weighted by Crippen LogP contribution is 2.27. The number of oxazole rings is 1. The summed E-state index contributed by atoms with van der Waals surface area (Å²) in [5.74, 6) is 0.815. The summed E-state index contributed by atoms with van der Waals surface area (Å²) in [4.78, 5) is 17.0. The van der Waals surface area contributed by atoms with Crippen LogP contribution in [0, 0.1) is 0 Å². The molecular weight excluding hydrogens is 469 g/mol. The van der Waals surface area contributed by atoms with Crippen LogP contribution in [0.3, 0.4) is 0 Å². The number of carbonyl (C=O) groups is 1. The first-order valence-corrected chi connectivity index (χ1v) is 10.8. The Morgan fingerprint density at radius 2 is 1.88 bits per heavy atom. The molecule has 9 heteroatoms. The van der Waals surface area contributed by atoms with Gasteiger partial charge in [-0.1, -0.05) is 23.2 Å². The smallest absolute Gasteiger partial charge is 0.258 e.